The van der Waals surface area contributed by atoms with Gasteiger partial charge in [0, 0.05) is 26.2 Å². The molecule has 1 saturated heterocycles. The summed E-state index contributed by atoms with van der Waals surface area (Å²) in [6.07, 6.45) is 1.70. The second kappa shape index (κ2) is 5.46. The molecule has 0 saturated carbocycles. The number of likely N-dealkylation sites (N-methyl/N-ethyl adjacent to an activating group) is 1. The molecule has 0 amide bonds. The lowest BCUT2D eigenvalue weighted by Gasteiger charge is -2.33. The highest BCUT2D eigenvalue weighted by molar-refractivity contribution is 5.57. The number of rotatable bonds is 2. The maximum atomic E-state index is 8.27. The minimum atomic E-state index is 0.217. The number of nitrogens with one attached hydrogen (secondary N) is 1. The molecule has 0 bridgehead atoms. The third-order valence-electron chi connectivity index (χ3n) is 3.75. The molecule has 108 valence electrons. The Hall–Kier alpha value is -2.52. The summed E-state index contributed by atoms with van der Waals surface area (Å²) >= 11 is 0. The maximum Gasteiger partial charge on any atom is 0.187 e. The first-order valence-corrected chi connectivity index (χ1v) is 6.91. The summed E-state index contributed by atoms with van der Waals surface area (Å²) in [6, 6.07) is 11.4. The molecule has 2 heterocycles. The molecule has 2 aromatic rings. The van der Waals surface area contributed by atoms with Crippen LogP contribution in [0.2, 0.25) is 0 Å². The van der Waals surface area contributed by atoms with Gasteiger partial charge in [0.2, 0.25) is 0 Å². The molecule has 0 atom stereocenters. The highest BCUT2D eigenvalue weighted by Crippen LogP contribution is 2.15. The summed E-state index contributed by atoms with van der Waals surface area (Å²) in [5, 5.41) is 8.27. The zero-order valence-corrected chi connectivity index (χ0v) is 12.0. The number of hydrogen-bond donors (Lipinski definition) is 2. The van der Waals surface area contributed by atoms with Crippen molar-refractivity contribution in [2.45, 2.75) is 0 Å². The summed E-state index contributed by atoms with van der Waals surface area (Å²) in [4.78, 5) is 8.82. The molecule has 6 heteroatoms. The third-order valence-corrected chi connectivity index (χ3v) is 3.75. The molecular weight excluding hydrogens is 264 g/mol. The van der Waals surface area contributed by atoms with E-state index in [4.69, 9.17) is 11.3 Å². The number of anilines is 1. The first-order chi connectivity index (χ1) is 10.2. The summed E-state index contributed by atoms with van der Waals surface area (Å²) in [5.41, 5.74) is 1.66. The largest absolute Gasteiger partial charge is 0.351 e. The Bertz CT molecular complexity index is 670. The van der Waals surface area contributed by atoms with E-state index in [0.29, 0.717) is 11.5 Å². The lowest BCUT2D eigenvalue weighted by atomic mass is 10.2. The molecule has 3 N–H and O–H groups in total. The molecule has 0 unspecified atom stereocenters. The molecule has 0 spiro atoms. The van der Waals surface area contributed by atoms with Crippen molar-refractivity contribution in [3.63, 3.8) is 0 Å². The summed E-state index contributed by atoms with van der Waals surface area (Å²) < 4.78 is 1.36. The van der Waals surface area contributed by atoms with Crippen molar-refractivity contribution in [1.29, 1.82) is 5.41 Å². The second-order valence-electron chi connectivity index (χ2n) is 5.18. The predicted molar refractivity (Wildman–Crippen MR) is 81.1 cm³/mol. The predicted octanol–water partition coefficient (Wildman–Crippen LogP) is 0.0956. The van der Waals surface area contributed by atoms with Gasteiger partial charge in [-0.3, -0.25) is 5.41 Å². The van der Waals surface area contributed by atoms with Crippen molar-refractivity contribution < 1.29 is 0 Å². The van der Waals surface area contributed by atoms with Crippen LogP contribution < -0.4 is 16.2 Å². The number of nitrogens with two attached hydrogens (primary N) is 1. The molecule has 6 nitrogen and oxygen atoms in total. The van der Waals surface area contributed by atoms with Crippen LogP contribution in [0.3, 0.4) is 0 Å². The average molecular weight is 282 g/mol. The molecule has 1 aliphatic rings. The Kier molecular flexibility index (Phi) is 3.50. The minimum Gasteiger partial charge on any atom is -0.351 e. The van der Waals surface area contributed by atoms with Crippen molar-refractivity contribution >= 4 is 5.82 Å². The molecule has 1 aliphatic heterocycles. The topological polar surface area (TPSA) is 74.2 Å². The van der Waals surface area contributed by atoms with Gasteiger partial charge in [0.1, 0.15) is 0 Å². The first-order valence-electron chi connectivity index (χ1n) is 6.91. The third kappa shape index (κ3) is 2.56. The SMILES string of the molecule is CN1CCN(c2ncc(-c3c#cccc3)n(N)c2=N)CC1. The quantitative estimate of drug-likeness (QED) is 0.766. The van der Waals surface area contributed by atoms with Gasteiger partial charge in [0.15, 0.2) is 11.3 Å². The van der Waals surface area contributed by atoms with Crippen LogP contribution in [0.15, 0.2) is 24.4 Å². The van der Waals surface area contributed by atoms with Gasteiger partial charge in [-0.05, 0) is 19.2 Å². The van der Waals surface area contributed by atoms with Crippen LogP contribution in [0.25, 0.3) is 11.3 Å². The van der Waals surface area contributed by atoms with Gasteiger partial charge >= 0.3 is 0 Å². The van der Waals surface area contributed by atoms with Crippen LogP contribution in [-0.4, -0.2) is 47.8 Å². The van der Waals surface area contributed by atoms with E-state index in [1.165, 1.54) is 4.68 Å². The summed E-state index contributed by atoms with van der Waals surface area (Å²) in [7, 11) is 2.10. The number of piperazine rings is 1. The zero-order valence-electron chi connectivity index (χ0n) is 12.0. The maximum absolute atomic E-state index is 8.27. The molecule has 21 heavy (non-hydrogen) atoms. The van der Waals surface area contributed by atoms with E-state index < -0.39 is 0 Å². The normalized spacial score (nSPS) is 15.8. The first kappa shape index (κ1) is 13.5. The van der Waals surface area contributed by atoms with E-state index in [2.05, 4.69) is 34.0 Å². The van der Waals surface area contributed by atoms with Crippen molar-refractivity contribution in [3.05, 3.63) is 42.0 Å². The molecule has 1 fully saturated rings. The molecule has 3 rings (SSSR count). The van der Waals surface area contributed by atoms with Gasteiger partial charge in [-0.15, -0.1) is 0 Å². The van der Waals surface area contributed by atoms with E-state index in [1.807, 2.05) is 12.1 Å². The van der Waals surface area contributed by atoms with Crippen LogP contribution in [0.1, 0.15) is 0 Å². The Morgan fingerprint density at radius 3 is 2.71 bits per heavy atom. The molecule has 1 aromatic carbocycles. The van der Waals surface area contributed by atoms with Crippen LogP contribution in [0, 0.1) is 17.5 Å². The van der Waals surface area contributed by atoms with Gasteiger partial charge < -0.3 is 15.6 Å². The standard InChI is InChI=1S/C15H18N6/c1-19-7-9-20(10-8-19)15-14(16)21(17)13(11-18-15)12-5-3-2-4-6-12/h2-3,5,11,16H,7-10,17H2,1H3. The van der Waals surface area contributed by atoms with Crippen molar-refractivity contribution in [2.75, 3.05) is 44.0 Å². The summed E-state index contributed by atoms with van der Waals surface area (Å²) in [6.45, 7) is 3.66. The zero-order chi connectivity index (χ0) is 14.8. The Morgan fingerprint density at radius 2 is 2.05 bits per heavy atom. The van der Waals surface area contributed by atoms with E-state index in [1.54, 1.807) is 12.3 Å². The second-order valence-corrected chi connectivity index (χ2v) is 5.18. The fraction of sp³-hybridized carbons (Fsp3) is 0.333. The molecule has 0 aliphatic carbocycles. The average Bonchev–Trinajstić information content (AvgIpc) is 2.52. The lowest BCUT2D eigenvalue weighted by Crippen LogP contribution is -2.47. The van der Waals surface area contributed by atoms with Crippen molar-refractivity contribution in [1.82, 2.24) is 14.6 Å². The van der Waals surface area contributed by atoms with E-state index in [0.717, 1.165) is 31.7 Å². The fourth-order valence-corrected chi connectivity index (χ4v) is 2.43. The van der Waals surface area contributed by atoms with Gasteiger partial charge in [0.05, 0.1) is 17.5 Å². The molecule has 0 radical (unpaired) electrons. The minimum absolute atomic E-state index is 0.217. The van der Waals surface area contributed by atoms with Crippen LogP contribution in [0.4, 0.5) is 5.82 Å². The highest BCUT2D eigenvalue weighted by atomic mass is 15.3. The molecular formula is C15H18N6. The Labute approximate surface area is 123 Å². The van der Waals surface area contributed by atoms with Crippen LogP contribution in [-0.2, 0) is 0 Å². The number of nitrogens with zero attached hydrogens (tertiary/aromatic N) is 4. The van der Waals surface area contributed by atoms with Gasteiger partial charge in [-0.2, -0.15) is 0 Å². The van der Waals surface area contributed by atoms with E-state index in [9.17, 15) is 0 Å². The Balaban J connectivity index is 1.96. The van der Waals surface area contributed by atoms with Crippen molar-refractivity contribution in [3.8, 4) is 11.3 Å². The van der Waals surface area contributed by atoms with Gasteiger partial charge in [-0.25, -0.2) is 9.66 Å². The van der Waals surface area contributed by atoms with Gasteiger partial charge in [-0.1, -0.05) is 18.2 Å². The lowest BCUT2D eigenvalue weighted by molar-refractivity contribution is 0.311. The van der Waals surface area contributed by atoms with E-state index >= 15 is 0 Å². The number of nitrogen functional groups attached to an aromatic ring is 1. The van der Waals surface area contributed by atoms with E-state index in [-0.39, 0.29) is 5.49 Å². The smallest absolute Gasteiger partial charge is 0.187 e. The highest BCUT2D eigenvalue weighted by Gasteiger charge is 2.18. The van der Waals surface area contributed by atoms with Crippen LogP contribution >= 0.6 is 0 Å². The number of aromatic nitrogens is 2. The molecule has 1 aromatic heterocycles. The monoisotopic (exact) mass is 282 g/mol. The summed E-state index contributed by atoms with van der Waals surface area (Å²) in [5.74, 6) is 6.70. The fourth-order valence-electron chi connectivity index (χ4n) is 2.43. The Morgan fingerprint density at radius 1 is 1.29 bits per heavy atom. The van der Waals surface area contributed by atoms with Crippen molar-refractivity contribution in [2.24, 2.45) is 0 Å². The number of hydrogen-bond acceptors (Lipinski definition) is 5. The van der Waals surface area contributed by atoms with Crippen LogP contribution in [0.5, 0.6) is 0 Å². The van der Waals surface area contributed by atoms with Gasteiger partial charge in [0.25, 0.3) is 0 Å².